The van der Waals surface area contributed by atoms with Gasteiger partial charge >= 0.3 is 0 Å². The van der Waals surface area contributed by atoms with Crippen LogP contribution in [0, 0.1) is 0 Å². The van der Waals surface area contributed by atoms with E-state index >= 15 is 0 Å². The Morgan fingerprint density at radius 2 is 2.21 bits per heavy atom. The molecule has 0 atom stereocenters. The van der Waals surface area contributed by atoms with E-state index in [0.717, 1.165) is 12.8 Å². The Kier molecular flexibility index (Phi) is 4.85. The number of ether oxygens (including phenoxy) is 1. The Hall–Kier alpha value is -1.95. The number of nitrogens with zero attached hydrogens (tertiary/aromatic N) is 2. The molecule has 0 unspecified atom stereocenters. The van der Waals surface area contributed by atoms with Gasteiger partial charge in [0.2, 0.25) is 0 Å². The van der Waals surface area contributed by atoms with E-state index in [9.17, 15) is 4.79 Å². The molecule has 2 N–H and O–H groups in total. The van der Waals surface area contributed by atoms with Crippen LogP contribution in [-0.4, -0.2) is 41.9 Å². The quantitative estimate of drug-likeness (QED) is 0.774. The van der Waals surface area contributed by atoms with Crippen molar-refractivity contribution in [2.75, 3.05) is 25.1 Å². The number of rotatable bonds is 5. The van der Waals surface area contributed by atoms with Crippen LogP contribution in [0.2, 0.25) is 0 Å². The molecule has 19 heavy (non-hydrogen) atoms. The zero-order valence-corrected chi connectivity index (χ0v) is 10.8. The van der Waals surface area contributed by atoms with E-state index in [2.05, 4.69) is 27.4 Å². The van der Waals surface area contributed by atoms with Gasteiger partial charge in [-0.25, -0.2) is 0 Å². The van der Waals surface area contributed by atoms with Crippen molar-refractivity contribution in [3.8, 4) is 0 Å². The zero-order valence-electron chi connectivity index (χ0n) is 10.8. The molecule has 6 heteroatoms. The van der Waals surface area contributed by atoms with Gasteiger partial charge < -0.3 is 15.4 Å². The molecule has 1 saturated heterocycles. The number of anilines is 1. The van der Waals surface area contributed by atoms with Gasteiger partial charge in [-0.2, -0.15) is 0 Å². The molecule has 6 nitrogen and oxygen atoms in total. The Labute approximate surface area is 112 Å². The van der Waals surface area contributed by atoms with Crippen LogP contribution < -0.4 is 10.6 Å². The first-order chi connectivity index (χ1) is 9.29. The lowest BCUT2D eigenvalue weighted by molar-refractivity contribution is 0.0693. The monoisotopic (exact) mass is 262 g/mol. The molecule has 1 aliphatic rings. The summed E-state index contributed by atoms with van der Waals surface area (Å²) in [4.78, 5) is 11.9. The Balaban J connectivity index is 1.89. The van der Waals surface area contributed by atoms with Crippen LogP contribution in [0.3, 0.4) is 0 Å². The van der Waals surface area contributed by atoms with Crippen LogP contribution in [0.15, 0.2) is 24.8 Å². The van der Waals surface area contributed by atoms with E-state index in [1.165, 1.54) is 0 Å². The molecule has 102 valence electrons. The number of carbonyl (C=O) groups excluding carboxylic acids is 1. The van der Waals surface area contributed by atoms with Gasteiger partial charge in [-0.3, -0.25) is 4.79 Å². The summed E-state index contributed by atoms with van der Waals surface area (Å²) in [5.41, 5.74) is 0.329. The van der Waals surface area contributed by atoms with E-state index in [4.69, 9.17) is 4.74 Å². The SMILES string of the molecule is C=CCNc1ccc(C(=O)NC2CCOCC2)nn1. The highest BCUT2D eigenvalue weighted by Crippen LogP contribution is 2.08. The minimum absolute atomic E-state index is 0.168. The van der Waals surface area contributed by atoms with E-state index in [1.807, 2.05) is 0 Å². The molecular formula is C13H18N4O2. The van der Waals surface area contributed by atoms with Gasteiger partial charge in [-0.05, 0) is 25.0 Å². The van der Waals surface area contributed by atoms with Crippen LogP contribution in [0.1, 0.15) is 23.3 Å². The van der Waals surface area contributed by atoms with E-state index < -0.39 is 0 Å². The third-order valence-corrected chi connectivity index (χ3v) is 2.88. The zero-order chi connectivity index (χ0) is 13.5. The third kappa shape index (κ3) is 4.03. The van der Waals surface area contributed by atoms with Gasteiger partial charge in [-0.15, -0.1) is 16.8 Å². The normalized spacial score (nSPS) is 15.8. The molecule has 1 fully saturated rings. The highest BCUT2D eigenvalue weighted by molar-refractivity contribution is 5.92. The molecule has 2 heterocycles. The summed E-state index contributed by atoms with van der Waals surface area (Å²) in [6.07, 6.45) is 3.42. The standard InChI is InChI=1S/C13H18N4O2/c1-2-7-14-12-4-3-11(16-17-12)13(18)15-10-5-8-19-9-6-10/h2-4,10H,1,5-9H2,(H,14,17)(H,15,18). The molecule has 0 radical (unpaired) electrons. The van der Waals surface area contributed by atoms with Crippen molar-refractivity contribution < 1.29 is 9.53 Å². The minimum atomic E-state index is -0.185. The molecular weight excluding hydrogens is 244 g/mol. The highest BCUT2D eigenvalue weighted by atomic mass is 16.5. The lowest BCUT2D eigenvalue weighted by Crippen LogP contribution is -2.39. The molecule has 0 spiro atoms. The topological polar surface area (TPSA) is 76.1 Å². The maximum Gasteiger partial charge on any atom is 0.272 e. The molecule has 0 aliphatic carbocycles. The number of hydrogen-bond acceptors (Lipinski definition) is 5. The predicted octanol–water partition coefficient (Wildman–Crippen LogP) is 0.983. The first kappa shape index (κ1) is 13.5. The fourth-order valence-corrected chi connectivity index (χ4v) is 1.83. The van der Waals surface area contributed by atoms with Crippen molar-refractivity contribution >= 4 is 11.7 Å². The Morgan fingerprint density at radius 1 is 1.42 bits per heavy atom. The third-order valence-electron chi connectivity index (χ3n) is 2.88. The predicted molar refractivity (Wildman–Crippen MR) is 72.0 cm³/mol. The molecule has 1 amide bonds. The number of hydrogen-bond donors (Lipinski definition) is 2. The van der Waals surface area contributed by atoms with Gasteiger partial charge in [-0.1, -0.05) is 6.08 Å². The number of carbonyl (C=O) groups is 1. The van der Waals surface area contributed by atoms with Crippen LogP contribution in [-0.2, 0) is 4.74 Å². The first-order valence-electron chi connectivity index (χ1n) is 6.36. The van der Waals surface area contributed by atoms with Crippen LogP contribution in [0.25, 0.3) is 0 Å². The fourth-order valence-electron chi connectivity index (χ4n) is 1.83. The maximum atomic E-state index is 11.9. The van der Waals surface area contributed by atoms with Gasteiger partial charge in [0.1, 0.15) is 5.82 Å². The van der Waals surface area contributed by atoms with Crippen molar-refractivity contribution in [3.05, 3.63) is 30.5 Å². The average molecular weight is 262 g/mol. The number of amides is 1. The Bertz CT molecular complexity index is 427. The van der Waals surface area contributed by atoms with Crippen LogP contribution >= 0.6 is 0 Å². The average Bonchev–Trinajstić information content (AvgIpc) is 2.46. The summed E-state index contributed by atoms with van der Waals surface area (Å²) < 4.78 is 5.24. The molecule has 0 aromatic carbocycles. The second-order valence-corrected chi connectivity index (χ2v) is 4.33. The number of nitrogens with one attached hydrogen (secondary N) is 2. The Morgan fingerprint density at radius 3 is 2.84 bits per heavy atom. The summed E-state index contributed by atoms with van der Waals surface area (Å²) >= 11 is 0. The second kappa shape index (κ2) is 6.84. The molecule has 0 bridgehead atoms. The second-order valence-electron chi connectivity index (χ2n) is 4.33. The van der Waals surface area contributed by atoms with Crippen molar-refractivity contribution in [1.82, 2.24) is 15.5 Å². The van der Waals surface area contributed by atoms with E-state index in [-0.39, 0.29) is 11.9 Å². The fraction of sp³-hybridized carbons (Fsp3) is 0.462. The smallest absolute Gasteiger partial charge is 0.272 e. The lowest BCUT2D eigenvalue weighted by atomic mass is 10.1. The van der Waals surface area contributed by atoms with Gasteiger partial charge in [0.05, 0.1) is 0 Å². The largest absolute Gasteiger partial charge is 0.381 e. The first-order valence-corrected chi connectivity index (χ1v) is 6.36. The summed E-state index contributed by atoms with van der Waals surface area (Å²) in [7, 11) is 0. The summed E-state index contributed by atoms with van der Waals surface area (Å²) in [6.45, 7) is 5.61. The molecule has 1 aliphatic heterocycles. The van der Waals surface area contributed by atoms with Crippen molar-refractivity contribution in [1.29, 1.82) is 0 Å². The van der Waals surface area contributed by atoms with Crippen molar-refractivity contribution in [3.63, 3.8) is 0 Å². The number of aromatic nitrogens is 2. The lowest BCUT2D eigenvalue weighted by Gasteiger charge is -2.22. The van der Waals surface area contributed by atoms with Gasteiger partial charge in [0, 0.05) is 25.8 Å². The maximum absolute atomic E-state index is 11.9. The summed E-state index contributed by atoms with van der Waals surface area (Å²) in [6, 6.07) is 3.56. The van der Waals surface area contributed by atoms with Crippen molar-refractivity contribution in [2.45, 2.75) is 18.9 Å². The van der Waals surface area contributed by atoms with Crippen molar-refractivity contribution in [2.24, 2.45) is 0 Å². The summed E-state index contributed by atoms with van der Waals surface area (Å²) in [5, 5.41) is 13.8. The van der Waals surface area contributed by atoms with Crippen LogP contribution in [0.4, 0.5) is 5.82 Å². The summed E-state index contributed by atoms with van der Waals surface area (Å²) in [5.74, 6) is 0.442. The minimum Gasteiger partial charge on any atom is -0.381 e. The van der Waals surface area contributed by atoms with Gasteiger partial charge in [0.25, 0.3) is 5.91 Å². The highest BCUT2D eigenvalue weighted by Gasteiger charge is 2.17. The van der Waals surface area contributed by atoms with E-state index in [1.54, 1.807) is 18.2 Å². The van der Waals surface area contributed by atoms with Crippen LogP contribution in [0.5, 0.6) is 0 Å². The molecule has 1 aromatic rings. The molecule has 1 aromatic heterocycles. The molecule has 0 saturated carbocycles. The van der Waals surface area contributed by atoms with E-state index in [0.29, 0.717) is 31.3 Å². The van der Waals surface area contributed by atoms with Gasteiger partial charge in [0.15, 0.2) is 5.69 Å². The molecule has 2 rings (SSSR count).